The van der Waals surface area contributed by atoms with Crippen molar-refractivity contribution in [3.05, 3.63) is 16.3 Å². The van der Waals surface area contributed by atoms with Gasteiger partial charge in [-0.2, -0.15) is 4.98 Å². The second-order valence-electron chi connectivity index (χ2n) is 7.32. The third kappa shape index (κ3) is 3.97. The van der Waals surface area contributed by atoms with Crippen molar-refractivity contribution in [3.8, 4) is 0 Å². The zero-order valence-electron chi connectivity index (χ0n) is 14.3. The van der Waals surface area contributed by atoms with E-state index in [-0.39, 0.29) is 34.9 Å². The van der Waals surface area contributed by atoms with Crippen molar-refractivity contribution < 1.29 is 9.72 Å². The van der Waals surface area contributed by atoms with Crippen molar-refractivity contribution in [1.82, 2.24) is 9.97 Å². The lowest BCUT2D eigenvalue weighted by Gasteiger charge is -2.39. The number of nitrogens with one attached hydrogen (secondary N) is 2. The highest BCUT2D eigenvalue weighted by molar-refractivity contribution is 5.76. The predicted octanol–water partition coefficient (Wildman–Crippen LogP) is 2.20. The Morgan fingerprint density at radius 2 is 2.04 bits per heavy atom. The first kappa shape index (κ1) is 17.4. The van der Waals surface area contributed by atoms with E-state index in [1.54, 1.807) is 0 Å². The van der Waals surface area contributed by atoms with E-state index in [9.17, 15) is 14.9 Å². The van der Waals surface area contributed by atoms with Gasteiger partial charge in [0.25, 0.3) is 0 Å². The molecule has 4 N–H and O–H groups in total. The lowest BCUT2D eigenvalue weighted by molar-refractivity contribution is -0.384. The number of nitrogens with zero attached hydrogens (tertiary/aromatic N) is 3. The Morgan fingerprint density at radius 3 is 2.56 bits per heavy atom. The summed E-state index contributed by atoms with van der Waals surface area (Å²) in [6, 6.07) is 0.0383. The van der Waals surface area contributed by atoms with Crippen LogP contribution in [-0.4, -0.2) is 32.4 Å². The van der Waals surface area contributed by atoms with E-state index >= 15 is 0 Å². The molecule has 2 fully saturated rings. The summed E-state index contributed by atoms with van der Waals surface area (Å²) >= 11 is 0. The average molecular weight is 348 g/mol. The number of nitrogens with two attached hydrogens (primary N) is 1. The molecule has 0 radical (unpaired) electrons. The number of nitro groups is 1. The summed E-state index contributed by atoms with van der Waals surface area (Å²) in [6.07, 6.45) is 7.31. The maximum absolute atomic E-state index is 11.3. The molecule has 1 amide bonds. The molecular weight excluding hydrogens is 324 g/mol. The molecule has 0 aliphatic heterocycles. The Morgan fingerprint density at radius 1 is 1.36 bits per heavy atom. The molecule has 0 bridgehead atoms. The minimum Gasteiger partial charge on any atom is -0.369 e. The quantitative estimate of drug-likeness (QED) is 0.529. The molecule has 25 heavy (non-hydrogen) atoms. The predicted molar refractivity (Wildman–Crippen MR) is 93.1 cm³/mol. The number of carbonyl (C=O) groups is 1. The summed E-state index contributed by atoms with van der Waals surface area (Å²) < 4.78 is 0. The molecule has 1 aromatic rings. The number of amides is 1. The van der Waals surface area contributed by atoms with E-state index in [0.29, 0.717) is 18.8 Å². The first-order valence-electron chi connectivity index (χ1n) is 8.72. The highest BCUT2D eigenvalue weighted by Gasteiger charge is 2.33. The highest BCUT2D eigenvalue weighted by atomic mass is 16.6. The molecule has 2 aliphatic carbocycles. The summed E-state index contributed by atoms with van der Waals surface area (Å²) in [5.74, 6) is 0.259. The van der Waals surface area contributed by atoms with Crippen LogP contribution in [0.15, 0.2) is 6.20 Å². The van der Waals surface area contributed by atoms with Gasteiger partial charge in [0.05, 0.1) is 4.92 Å². The number of hydrogen-bond acceptors (Lipinski definition) is 7. The number of hydrogen-bond donors (Lipinski definition) is 3. The summed E-state index contributed by atoms with van der Waals surface area (Å²) in [7, 11) is 0. The van der Waals surface area contributed by atoms with E-state index in [1.807, 2.05) is 0 Å². The third-order valence-corrected chi connectivity index (χ3v) is 5.31. The van der Waals surface area contributed by atoms with E-state index < -0.39 is 4.92 Å². The van der Waals surface area contributed by atoms with Crippen molar-refractivity contribution in [2.75, 3.05) is 10.6 Å². The van der Waals surface area contributed by atoms with Gasteiger partial charge in [-0.15, -0.1) is 0 Å². The molecule has 0 spiro atoms. The summed E-state index contributed by atoms with van der Waals surface area (Å²) in [4.78, 5) is 30.5. The zero-order valence-corrected chi connectivity index (χ0v) is 14.3. The van der Waals surface area contributed by atoms with Crippen LogP contribution in [0.25, 0.3) is 0 Å². The topological polar surface area (TPSA) is 136 Å². The molecule has 2 aliphatic rings. The van der Waals surface area contributed by atoms with Crippen molar-refractivity contribution in [3.63, 3.8) is 0 Å². The van der Waals surface area contributed by atoms with Gasteiger partial charge in [0.2, 0.25) is 17.7 Å². The fourth-order valence-corrected chi connectivity index (χ4v) is 3.49. The minimum atomic E-state index is -0.480. The normalized spacial score (nSPS) is 24.8. The zero-order chi connectivity index (χ0) is 18.0. The average Bonchev–Trinajstić information content (AvgIpc) is 2.54. The Kier molecular flexibility index (Phi) is 4.73. The van der Waals surface area contributed by atoms with E-state index in [2.05, 4.69) is 27.5 Å². The fourth-order valence-electron chi connectivity index (χ4n) is 3.49. The van der Waals surface area contributed by atoms with Crippen molar-refractivity contribution in [2.45, 2.75) is 63.5 Å². The number of aromatic nitrogens is 2. The maximum Gasteiger partial charge on any atom is 0.329 e. The Bertz CT molecular complexity index is 668. The third-order valence-electron chi connectivity index (χ3n) is 5.31. The minimum absolute atomic E-state index is 0.0348. The second-order valence-corrected chi connectivity index (χ2v) is 7.32. The molecule has 0 aromatic carbocycles. The number of carbonyl (C=O) groups excluding carboxylic acids is 1. The summed E-state index contributed by atoms with van der Waals surface area (Å²) in [6.45, 7) is 2.10. The summed E-state index contributed by atoms with van der Waals surface area (Å²) in [5, 5.41) is 17.7. The summed E-state index contributed by atoms with van der Waals surface area (Å²) in [5.41, 5.74) is 5.18. The molecule has 1 aromatic heterocycles. The number of rotatable bonds is 6. The van der Waals surface area contributed by atoms with E-state index in [4.69, 9.17) is 5.73 Å². The van der Waals surface area contributed by atoms with Gasteiger partial charge in [0.15, 0.2) is 0 Å². The van der Waals surface area contributed by atoms with Crippen LogP contribution in [0.4, 0.5) is 17.5 Å². The molecule has 0 unspecified atom stereocenters. The lowest BCUT2D eigenvalue weighted by atomic mass is 9.79. The van der Waals surface area contributed by atoms with Gasteiger partial charge in [-0.1, -0.05) is 0 Å². The van der Waals surface area contributed by atoms with Crippen molar-refractivity contribution >= 4 is 23.4 Å². The molecule has 0 saturated heterocycles. The van der Waals surface area contributed by atoms with Gasteiger partial charge in [-0.25, -0.2) is 4.98 Å². The molecule has 2 saturated carbocycles. The van der Waals surface area contributed by atoms with Crippen LogP contribution in [-0.2, 0) is 4.79 Å². The Hall–Kier alpha value is -2.45. The number of anilines is 2. The second kappa shape index (κ2) is 6.81. The van der Waals surface area contributed by atoms with Crippen molar-refractivity contribution in [1.29, 1.82) is 0 Å². The van der Waals surface area contributed by atoms with E-state index in [0.717, 1.165) is 32.1 Å². The number of primary amides is 1. The molecule has 9 heteroatoms. The molecular formula is C16H24N6O3. The maximum atomic E-state index is 11.3. The fraction of sp³-hybridized carbons (Fsp3) is 0.688. The van der Waals surface area contributed by atoms with Gasteiger partial charge in [-0.3, -0.25) is 14.9 Å². The molecule has 136 valence electrons. The Balaban J connectivity index is 1.72. The highest BCUT2D eigenvalue weighted by Crippen LogP contribution is 2.35. The van der Waals surface area contributed by atoms with Crippen LogP contribution in [0.3, 0.4) is 0 Å². The largest absolute Gasteiger partial charge is 0.369 e. The van der Waals surface area contributed by atoms with Crippen LogP contribution >= 0.6 is 0 Å². The smallest absolute Gasteiger partial charge is 0.329 e. The van der Waals surface area contributed by atoms with Crippen molar-refractivity contribution in [2.24, 2.45) is 11.7 Å². The van der Waals surface area contributed by atoms with Gasteiger partial charge in [0.1, 0.15) is 6.20 Å². The van der Waals surface area contributed by atoms with Crippen LogP contribution in [0.2, 0.25) is 0 Å². The molecule has 1 heterocycles. The first-order chi connectivity index (χ1) is 11.9. The molecule has 3 rings (SSSR count). The van der Waals surface area contributed by atoms with Gasteiger partial charge in [-0.05, 0) is 51.9 Å². The van der Waals surface area contributed by atoms with Crippen LogP contribution in [0.5, 0.6) is 0 Å². The Labute approximate surface area is 145 Å². The van der Waals surface area contributed by atoms with Crippen LogP contribution in [0, 0.1) is 16.0 Å². The van der Waals surface area contributed by atoms with Crippen LogP contribution in [0.1, 0.15) is 51.9 Å². The lowest BCUT2D eigenvalue weighted by Crippen LogP contribution is -2.42. The van der Waals surface area contributed by atoms with E-state index in [1.165, 1.54) is 6.20 Å². The van der Waals surface area contributed by atoms with Crippen LogP contribution < -0.4 is 16.4 Å². The SMILES string of the molecule is CC1(Nc2ncc([N+](=O)[O-])c(NC3CCC(C(N)=O)CC3)n2)CCC1. The molecule has 0 atom stereocenters. The van der Waals surface area contributed by atoms with Gasteiger partial charge >= 0.3 is 5.69 Å². The first-order valence-corrected chi connectivity index (χ1v) is 8.72. The molecule has 9 nitrogen and oxygen atoms in total. The monoisotopic (exact) mass is 348 g/mol. The van der Waals surface area contributed by atoms with Gasteiger partial charge in [0, 0.05) is 17.5 Å². The standard InChI is InChI=1S/C16H24N6O3/c1-16(7-2-8-16)21-15-18-9-12(22(24)25)14(20-15)19-11-5-3-10(4-6-11)13(17)23/h9-11H,2-8H2,1H3,(H2,17,23)(H2,18,19,20,21). The van der Waals surface area contributed by atoms with Gasteiger partial charge < -0.3 is 16.4 Å².